The Bertz CT molecular complexity index is 314. The van der Waals surface area contributed by atoms with Gasteiger partial charge in [-0.15, -0.1) is 0 Å². The maximum atomic E-state index is 9.99. The normalized spacial score (nSPS) is 8.65. The lowest BCUT2D eigenvalue weighted by molar-refractivity contribution is -0.109. The summed E-state index contributed by atoms with van der Waals surface area (Å²) in [5, 5.41) is 5.91. The van der Waals surface area contributed by atoms with Crippen molar-refractivity contribution < 1.29 is 4.79 Å². The fraction of sp³-hybridized carbons (Fsp3) is 0.588. The van der Waals surface area contributed by atoms with Crippen LogP contribution < -0.4 is 10.6 Å². The van der Waals surface area contributed by atoms with E-state index in [9.17, 15) is 4.79 Å². The van der Waals surface area contributed by atoms with E-state index in [1.165, 1.54) is 11.1 Å². The Kier molecular flexibility index (Phi) is 18.5. The Hall–Kier alpha value is -1.35. The molecule has 20 heavy (non-hydrogen) atoms. The van der Waals surface area contributed by atoms with Crippen molar-refractivity contribution in [3.63, 3.8) is 0 Å². The molecule has 1 amide bonds. The first-order chi connectivity index (χ1) is 9.86. The molecule has 0 fully saturated rings. The molecule has 0 aromatic heterocycles. The van der Waals surface area contributed by atoms with Crippen LogP contribution in [0.1, 0.15) is 45.7 Å². The van der Waals surface area contributed by atoms with Crippen molar-refractivity contribution in [2.45, 2.75) is 47.5 Å². The summed E-state index contributed by atoms with van der Waals surface area (Å²) in [6.07, 6.45) is 2.85. The second-order valence-corrected chi connectivity index (χ2v) is 3.75. The van der Waals surface area contributed by atoms with E-state index in [-0.39, 0.29) is 0 Å². The van der Waals surface area contributed by atoms with E-state index >= 15 is 0 Å². The lowest BCUT2D eigenvalue weighted by atomic mass is 10.1. The topological polar surface area (TPSA) is 41.1 Å². The number of carbonyl (C=O) groups is 1. The molecule has 116 valence electrons. The first kappa shape index (κ1) is 21.0. The molecule has 0 unspecified atom stereocenters. The van der Waals surface area contributed by atoms with E-state index in [1.807, 2.05) is 27.7 Å². The van der Waals surface area contributed by atoms with Gasteiger partial charge in [0, 0.05) is 13.1 Å². The zero-order valence-corrected chi connectivity index (χ0v) is 13.8. The molecule has 1 rings (SSSR count). The lowest BCUT2D eigenvalue weighted by Gasteiger charge is -2.05. The van der Waals surface area contributed by atoms with Crippen molar-refractivity contribution in [2.24, 2.45) is 0 Å². The molecule has 3 heteroatoms. The monoisotopic (exact) mass is 280 g/mol. The summed E-state index contributed by atoms with van der Waals surface area (Å²) in [6, 6.07) is 8.68. The second kappa shape index (κ2) is 17.6. The van der Waals surface area contributed by atoms with Crippen LogP contribution in [0, 0.1) is 0 Å². The molecular formula is C17H32N2O. The molecule has 0 atom stereocenters. The van der Waals surface area contributed by atoms with E-state index < -0.39 is 0 Å². The third-order valence-corrected chi connectivity index (χ3v) is 2.52. The quantitative estimate of drug-likeness (QED) is 0.567. The van der Waals surface area contributed by atoms with Gasteiger partial charge < -0.3 is 10.6 Å². The van der Waals surface area contributed by atoms with E-state index in [1.54, 1.807) is 0 Å². The van der Waals surface area contributed by atoms with Crippen LogP contribution in [-0.4, -0.2) is 26.0 Å². The number of hydrogen-bond acceptors (Lipinski definition) is 2. The predicted molar refractivity (Wildman–Crippen MR) is 89.2 cm³/mol. The summed E-state index contributed by atoms with van der Waals surface area (Å²) in [4.78, 5) is 9.99. The summed E-state index contributed by atoms with van der Waals surface area (Å²) in [5.74, 6) is 0. The molecule has 0 saturated carbocycles. The number of aryl methyl sites for hydroxylation is 1. The molecule has 0 heterocycles. The van der Waals surface area contributed by atoms with Gasteiger partial charge in [-0.25, -0.2) is 0 Å². The van der Waals surface area contributed by atoms with Crippen LogP contribution in [0.2, 0.25) is 0 Å². The minimum Gasteiger partial charge on any atom is -0.357 e. The van der Waals surface area contributed by atoms with Crippen molar-refractivity contribution in [3.8, 4) is 0 Å². The zero-order chi connectivity index (χ0) is 15.6. The summed E-state index contributed by atoms with van der Waals surface area (Å²) in [6.45, 7) is 12.6. The van der Waals surface area contributed by atoms with Gasteiger partial charge in [0.25, 0.3) is 0 Å². The van der Waals surface area contributed by atoms with Crippen LogP contribution in [0.4, 0.5) is 0 Å². The average molecular weight is 280 g/mol. The number of hydrogen-bond donors (Lipinski definition) is 2. The SMILES string of the molecule is CC.CC.CCc1cccc(CCNCCNC=O)c1. The third-order valence-electron chi connectivity index (χ3n) is 2.52. The second-order valence-electron chi connectivity index (χ2n) is 3.75. The van der Waals surface area contributed by atoms with E-state index in [0.29, 0.717) is 6.54 Å². The molecule has 0 bridgehead atoms. The van der Waals surface area contributed by atoms with Crippen LogP contribution in [-0.2, 0) is 17.6 Å². The zero-order valence-electron chi connectivity index (χ0n) is 13.8. The molecule has 0 aliphatic rings. The summed E-state index contributed by atoms with van der Waals surface area (Å²) in [7, 11) is 0. The number of benzene rings is 1. The smallest absolute Gasteiger partial charge is 0.207 e. The molecule has 0 aliphatic carbocycles. The van der Waals surface area contributed by atoms with Gasteiger partial charge in [-0.1, -0.05) is 58.9 Å². The Morgan fingerprint density at radius 3 is 2.25 bits per heavy atom. The summed E-state index contributed by atoms with van der Waals surface area (Å²) >= 11 is 0. The van der Waals surface area contributed by atoms with E-state index in [0.717, 1.165) is 32.3 Å². The van der Waals surface area contributed by atoms with Crippen LogP contribution in [0.5, 0.6) is 0 Å². The van der Waals surface area contributed by atoms with E-state index in [2.05, 4.69) is 41.8 Å². The van der Waals surface area contributed by atoms with Gasteiger partial charge in [0.05, 0.1) is 0 Å². The van der Waals surface area contributed by atoms with Crippen molar-refractivity contribution in [1.82, 2.24) is 10.6 Å². The maximum absolute atomic E-state index is 9.99. The van der Waals surface area contributed by atoms with Crippen molar-refractivity contribution in [2.75, 3.05) is 19.6 Å². The molecule has 0 radical (unpaired) electrons. The van der Waals surface area contributed by atoms with Gasteiger partial charge in [0.1, 0.15) is 0 Å². The third kappa shape index (κ3) is 11.7. The fourth-order valence-corrected chi connectivity index (χ4v) is 1.58. The van der Waals surface area contributed by atoms with Crippen LogP contribution in [0.3, 0.4) is 0 Å². The molecule has 3 nitrogen and oxygen atoms in total. The van der Waals surface area contributed by atoms with Gasteiger partial charge in [-0.05, 0) is 30.5 Å². The summed E-state index contributed by atoms with van der Waals surface area (Å²) < 4.78 is 0. The summed E-state index contributed by atoms with van der Waals surface area (Å²) in [5.41, 5.74) is 2.76. The Balaban J connectivity index is 0. The highest BCUT2D eigenvalue weighted by molar-refractivity contribution is 5.45. The predicted octanol–water partition coefficient (Wildman–Crippen LogP) is 3.18. The lowest BCUT2D eigenvalue weighted by Crippen LogP contribution is -2.27. The Morgan fingerprint density at radius 2 is 1.65 bits per heavy atom. The number of amides is 1. The van der Waals surface area contributed by atoms with Crippen molar-refractivity contribution in [3.05, 3.63) is 35.4 Å². The van der Waals surface area contributed by atoms with Crippen molar-refractivity contribution in [1.29, 1.82) is 0 Å². The van der Waals surface area contributed by atoms with Crippen molar-refractivity contribution >= 4 is 6.41 Å². The van der Waals surface area contributed by atoms with Crippen LogP contribution in [0.15, 0.2) is 24.3 Å². The van der Waals surface area contributed by atoms with Crippen LogP contribution >= 0.6 is 0 Å². The minimum absolute atomic E-state index is 0.693. The van der Waals surface area contributed by atoms with Crippen LogP contribution in [0.25, 0.3) is 0 Å². The Morgan fingerprint density at radius 1 is 1.00 bits per heavy atom. The first-order valence-electron chi connectivity index (χ1n) is 7.82. The minimum atomic E-state index is 0.693. The maximum Gasteiger partial charge on any atom is 0.207 e. The molecule has 0 spiro atoms. The molecule has 1 aromatic rings. The molecule has 2 N–H and O–H groups in total. The van der Waals surface area contributed by atoms with Gasteiger partial charge in [-0.2, -0.15) is 0 Å². The van der Waals surface area contributed by atoms with Gasteiger partial charge >= 0.3 is 0 Å². The van der Waals surface area contributed by atoms with Gasteiger partial charge in [-0.3, -0.25) is 4.79 Å². The molecular weight excluding hydrogens is 248 g/mol. The Labute approximate surface area is 125 Å². The fourth-order valence-electron chi connectivity index (χ4n) is 1.58. The number of nitrogens with one attached hydrogen (secondary N) is 2. The average Bonchev–Trinajstić information content (AvgIpc) is 2.55. The van der Waals surface area contributed by atoms with E-state index in [4.69, 9.17) is 0 Å². The number of rotatable bonds is 8. The highest BCUT2D eigenvalue weighted by Crippen LogP contribution is 2.05. The first-order valence-corrected chi connectivity index (χ1v) is 7.82. The standard InChI is InChI=1S/C13H20N2O.2C2H6/c1-2-12-4-3-5-13(10-12)6-7-14-8-9-15-11-16;2*1-2/h3-5,10-11,14H,2,6-9H2,1H3,(H,15,16);2*1-2H3. The molecule has 0 saturated heterocycles. The highest BCUT2D eigenvalue weighted by Gasteiger charge is 1.94. The highest BCUT2D eigenvalue weighted by atomic mass is 16.1. The largest absolute Gasteiger partial charge is 0.357 e. The van der Waals surface area contributed by atoms with Gasteiger partial charge in [0.15, 0.2) is 0 Å². The molecule has 0 aliphatic heterocycles. The number of carbonyl (C=O) groups excluding carboxylic acids is 1. The van der Waals surface area contributed by atoms with Gasteiger partial charge in [0.2, 0.25) is 6.41 Å². The molecule has 1 aromatic carbocycles.